The topological polar surface area (TPSA) is 44.0 Å². The van der Waals surface area contributed by atoms with Gasteiger partial charge in [0.05, 0.1) is 20.2 Å². The molecule has 0 radical (unpaired) electrons. The maximum atomic E-state index is 12.4. The van der Waals surface area contributed by atoms with Crippen LogP contribution < -0.4 is 11.1 Å². The van der Waals surface area contributed by atoms with Crippen molar-refractivity contribution < 1.29 is 0 Å². The fourth-order valence-corrected chi connectivity index (χ4v) is 4.18. The van der Waals surface area contributed by atoms with E-state index in [4.69, 9.17) is 0 Å². The second-order valence-electron chi connectivity index (χ2n) is 4.33. The maximum absolute atomic E-state index is 12.4. The quantitative estimate of drug-likeness (QED) is 0.542. The van der Waals surface area contributed by atoms with Crippen molar-refractivity contribution in [3.63, 3.8) is 0 Å². The number of benzene rings is 2. The molecule has 2 aromatic carbocycles. The van der Waals surface area contributed by atoms with Crippen LogP contribution in [0.5, 0.6) is 0 Å². The van der Waals surface area contributed by atoms with Crippen LogP contribution in [0.2, 0.25) is 0 Å². The van der Waals surface area contributed by atoms with Crippen LogP contribution in [-0.2, 0) is 0 Å². The van der Waals surface area contributed by atoms with Crippen molar-refractivity contribution in [2.24, 2.45) is 0 Å². The third-order valence-corrected chi connectivity index (χ3v) is 5.33. The van der Waals surface area contributed by atoms with E-state index in [0.29, 0.717) is 10.8 Å². The molecule has 0 atom stereocenters. The molecular weight excluding hydrogens is 292 g/mol. The molecule has 0 bridgehead atoms. The van der Waals surface area contributed by atoms with Gasteiger partial charge in [-0.25, -0.2) is 0 Å². The van der Waals surface area contributed by atoms with Gasteiger partial charge in [-0.05, 0) is 47.3 Å². The second kappa shape index (κ2) is 4.16. The average Bonchev–Trinajstić information content (AvgIpc) is 2.98. The molecule has 20 heavy (non-hydrogen) atoms. The van der Waals surface area contributed by atoms with E-state index in [9.17, 15) is 9.59 Å². The second-order valence-corrected chi connectivity index (χ2v) is 6.27. The molecule has 0 saturated carbocycles. The van der Waals surface area contributed by atoms with E-state index in [1.54, 1.807) is 12.1 Å². The van der Waals surface area contributed by atoms with E-state index in [0.717, 1.165) is 9.40 Å². The Labute approximate surface area is 121 Å². The first-order chi connectivity index (χ1) is 9.75. The third kappa shape index (κ3) is 1.52. The number of fused-ring (bicyclic) bond motifs is 2. The van der Waals surface area contributed by atoms with Crippen LogP contribution in [0.25, 0.3) is 20.2 Å². The van der Waals surface area contributed by atoms with Gasteiger partial charge in [0, 0.05) is 0 Å². The first-order valence-corrected chi connectivity index (χ1v) is 7.53. The summed E-state index contributed by atoms with van der Waals surface area (Å²) in [6.07, 6.45) is 0. The standard InChI is InChI=1S/C14H8N2O2S2/c17-13-9-5-1-3-7-11(9)19-15(13)16-14(18)10-6-2-4-8-12(10)20-16/h1-8H. The van der Waals surface area contributed by atoms with Crippen LogP contribution in [0.15, 0.2) is 58.1 Å². The minimum atomic E-state index is -0.153. The predicted octanol–water partition coefficient (Wildman–Crippen LogP) is 2.75. The molecule has 0 spiro atoms. The first kappa shape index (κ1) is 11.6. The minimum Gasteiger partial charge on any atom is -0.266 e. The van der Waals surface area contributed by atoms with Gasteiger partial charge < -0.3 is 0 Å². The molecule has 2 aromatic heterocycles. The average molecular weight is 300 g/mol. The van der Waals surface area contributed by atoms with Gasteiger partial charge in [-0.2, -0.15) is 8.13 Å². The van der Waals surface area contributed by atoms with Gasteiger partial charge in [0.1, 0.15) is 0 Å². The Kier molecular flexibility index (Phi) is 2.42. The largest absolute Gasteiger partial charge is 0.289 e. The Morgan fingerprint density at radius 1 is 0.650 bits per heavy atom. The van der Waals surface area contributed by atoms with Crippen LogP contribution in [0, 0.1) is 0 Å². The van der Waals surface area contributed by atoms with E-state index in [1.165, 1.54) is 31.2 Å². The normalized spacial score (nSPS) is 11.4. The molecule has 0 aliphatic rings. The monoisotopic (exact) mass is 300 g/mol. The summed E-state index contributed by atoms with van der Waals surface area (Å²) in [7, 11) is 0. The summed E-state index contributed by atoms with van der Waals surface area (Å²) in [5.74, 6) is 0. The lowest BCUT2D eigenvalue weighted by molar-refractivity contribution is 0.752. The molecule has 0 fully saturated rings. The van der Waals surface area contributed by atoms with Crippen LogP contribution >= 0.6 is 23.1 Å². The maximum Gasteiger partial charge on any atom is 0.289 e. The molecule has 0 aliphatic heterocycles. The summed E-state index contributed by atoms with van der Waals surface area (Å²) in [6.45, 7) is 0. The smallest absolute Gasteiger partial charge is 0.266 e. The van der Waals surface area contributed by atoms with E-state index in [1.807, 2.05) is 36.4 Å². The zero-order chi connectivity index (χ0) is 13.7. The molecule has 0 amide bonds. The van der Waals surface area contributed by atoms with Crippen molar-refractivity contribution in [1.82, 2.24) is 8.13 Å². The molecule has 4 rings (SSSR count). The highest BCUT2D eigenvalue weighted by molar-refractivity contribution is 7.16. The number of hydrogen-bond acceptors (Lipinski definition) is 4. The minimum absolute atomic E-state index is 0.153. The van der Waals surface area contributed by atoms with Gasteiger partial charge in [-0.1, -0.05) is 24.3 Å². The molecule has 0 N–H and O–H groups in total. The number of nitrogens with zero attached hydrogens (tertiary/aromatic N) is 2. The number of aromatic nitrogens is 2. The summed E-state index contributed by atoms with van der Waals surface area (Å²) in [5.41, 5.74) is -0.307. The summed E-state index contributed by atoms with van der Waals surface area (Å²) in [6, 6.07) is 14.8. The Balaban J connectivity index is 2.11. The lowest BCUT2D eigenvalue weighted by Crippen LogP contribution is -2.26. The van der Waals surface area contributed by atoms with Gasteiger partial charge in [0.25, 0.3) is 11.1 Å². The Bertz CT molecular complexity index is 966. The van der Waals surface area contributed by atoms with Crippen LogP contribution in [0.3, 0.4) is 0 Å². The summed E-state index contributed by atoms with van der Waals surface area (Å²) < 4.78 is 4.61. The highest BCUT2D eigenvalue weighted by Gasteiger charge is 2.13. The predicted molar refractivity (Wildman–Crippen MR) is 83.0 cm³/mol. The fraction of sp³-hybridized carbons (Fsp3) is 0. The molecule has 4 aromatic rings. The molecule has 2 heterocycles. The van der Waals surface area contributed by atoms with Gasteiger partial charge >= 0.3 is 0 Å². The van der Waals surface area contributed by atoms with Crippen LogP contribution in [0.4, 0.5) is 0 Å². The molecule has 6 heteroatoms. The molecule has 0 aliphatic carbocycles. The SMILES string of the molecule is O=c1c2ccccc2sn1-n1sc2ccccc2c1=O. The molecule has 4 nitrogen and oxygen atoms in total. The van der Waals surface area contributed by atoms with Crippen LogP contribution in [0.1, 0.15) is 0 Å². The molecule has 0 unspecified atom stereocenters. The van der Waals surface area contributed by atoms with E-state index < -0.39 is 0 Å². The summed E-state index contributed by atoms with van der Waals surface area (Å²) >= 11 is 2.57. The lowest BCUT2D eigenvalue weighted by Gasteiger charge is -1.95. The molecular formula is C14H8N2O2S2. The van der Waals surface area contributed by atoms with Crippen molar-refractivity contribution in [2.75, 3.05) is 0 Å². The van der Waals surface area contributed by atoms with Crippen molar-refractivity contribution in [3.05, 3.63) is 69.2 Å². The third-order valence-electron chi connectivity index (χ3n) is 3.12. The Morgan fingerprint density at radius 3 is 1.45 bits per heavy atom. The fourth-order valence-electron chi connectivity index (χ4n) is 2.16. The highest BCUT2D eigenvalue weighted by atomic mass is 32.1. The van der Waals surface area contributed by atoms with E-state index >= 15 is 0 Å². The Hall–Kier alpha value is -2.18. The van der Waals surface area contributed by atoms with Gasteiger partial charge in [-0.15, -0.1) is 0 Å². The van der Waals surface area contributed by atoms with E-state index in [-0.39, 0.29) is 11.1 Å². The Morgan fingerprint density at radius 2 is 1.05 bits per heavy atom. The summed E-state index contributed by atoms with van der Waals surface area (Å²) in [5, 5.41) is 1.28. The van der Waals surface area contributed by atoms with Gasteiger partial charge in [0.2, 0.25) is 0 Å². The van der Waals surface area contributed by atoms with Crippen molar-refractivity contribution in [1.29, 1.82) is 0 Å². The number of rotatable bonds is 1. The van der Waals surface area contributed by atoms with Crippen molar-refractivity contribution in [2.45, 2.75) is 0 Å². The highest BCUT2D eigenvalue weighted by Crippen LogP contribution is 2.20. The van der Waals surface area contributed by atoms with Crippen molar-refractivity contribution in [3.8, 4) is 0 Å². The lowest BCUT2D eigenvalue weighted by atomic mass is 10.3. The molecule has 0 saturated heterocycles. The van der Waals surface area contributed by atoms with Crippen LogP contribution in [-0.4, -0.2) is 8.13 Å². The van der Waals surface area contributed by atoms with Gasteiger partial charge in [0.15, 0.2) is 0 Å². The first-order valence-electron chi connectivity index (χ1n) is 5.98. The molecule has 98 valence electrons. The van der Waals surface area contributed by atoms with Gasteiger partial charge in [-0.3, -0.25) is 9.59 Å². The van der Waals surface area contributed by atoms with E-state index in [2.05, 4.69) is 0 Å². The zero-order valence-corrected chi connectivity index (χ0v) is 11.8. The zero-order valence-electron chi connectivity index (χ0n) is 10.1. The van der Waals surface area contributed by atoms with Crippen molar-refractivity contribution >= 4 is 43.2 Å². The number of hydrogen-bond donors (Lipinski definition) is 0. The summed E-state index contributed by atoms with van der Waals surface area (Å²) in [4.78, 5) is 24.8.